The summed E-state index contributed by atoms with van der Waals surface area (Å²) in [5.74, 6) is 1.01. The van der Waals surface area contributed by atoms with E-state index in [1.54, 1.807) is 6.07 Å². The van der Waals surface area contributed by atoms with E-state index in [0.717, 1.165) is 36.6 Å². The Balaban J connectivity index is 1.44. The number of amides is 1. The van der Waals surface area contributed by atoms with Crippen LogP contribution >= 0.6 is 0 Å². The van der Waals surface area contributed by atoms with Gasteiger partial charge in [-0.2, -0.15) is 0 Å². The van der Waals surface area contributed by atoms with E-state index in [4.69, 9.17) is 4.74 Å². The molecule has 0 saturated heterocycles. The molecular formula is C22H26FN3O2. The van der Waals surface area contributed by atoms with Crippen LogP contribution in [-0.4, -0.2) is 39.2 Å². The van der Waals surface area contributed by atoms with Gasteiger partial charge < -0.3 is 19.9 Å². The maximum Gasteiger partial charge on any atom is 0.257 e. The van der Waals surface area contributed by atoms with E-state index in [-0.39, 0.29) is 18.3 Å². The topological polar surface area (TPSA) is 44.8 Å². The minimum Gasteiger partial charge on any atom is -0.483 e. The van der Waals surface area contributed by atoms with Crippen molar-refractivity contribution in [3.8, 4) is 5.75 Å². The zero-order valence-corrected chi connectivity index (χ0v) is 16.2. The van der Waals surface area contributed by atoms with Crippen molar-refractivity contribution in [2.45, 2.75) is 19.4 Å². The number of rotatable bonds is 7. The quantitative estimate of drug-likeness (QED) is 0.798. The Morgan fingerprint density at radius 1 is 1.18 bits per heavy atom. The van der Waals surface area contributed by atoms with Gasteiger partial charge >= 0.3 is 0 Å². The third-order valence-electron chi connectivity index (χ3n) is 5.37. The molecule has 1 heterocycles. The van der Waals surface area contributed by atoms with Crippen LogP contribution in [0.1, 0.15) is 18.4 Å². The second-order valence-electron chi connectivity index (χ2n) is 7.62. The fourth-order valence-corrected chi connectivity index (χ4v) is 3.50. The normalized spacial score (nSPS) is 15.9. The Morgan fingerprint density at radius 3 is 2.82 bits per heavy atom. The van der Waals surface area contributed by atoms with Crippen LogP contribution in [0.15, 0.2) is 42.5 Å². The molecule has 2 aromatic rings. The third kappa shape index (κ3) is 4.38. The Labute approximate surface area is 165 Å². The highest BCUT2D eigenvalue weighted by Gasteiger charge is 2.23. The lowest BCUT2D eigenvalue weighted by molar-refractivity contribution is -0.123. The molecule has 4 rings (SSSR count). The number of anilines is 2. The van der Waals surface area contributed by atoms with E-state index in [0.29, 0.717) is 18.2 Å². The zero-order chi connectivity index (χ0) is 19.5. The van der Waals surface area contributed by atoms with Crippen LogP contribution in [-0.2, 0) is 11.3 Å². The van der Waals surface area contributed by atoms with Crippen molar-refractivity contribution in [3.63, 3.8) is 0 Å². The number of nitrogens with zero attached hydrogens (tertiary/aromatic N) is 2. The van der Waals surface area contributed by atoms with Gasteiger partial charge in [-0.25, -0.2) is 4.39 Å². The van der Waals surface area contributed by atoms with Crippen molar-refractivity contribution in [1.29, 1.82) is 0 Å². The maximum atomic E-state index is 13.8. The number of carbonyl (C=O) groups excluding carboxylic acids is 1. The minimum atomic E-state index is -0.240. The number of halogens is 1. The van der Waals surface area contributed by atoms with Gasteiger partial charge in [-0.3, -0.25) is 4.79 Å². The lowest BCUT2D eigenvalue weighted by Crippen LogP contribution is -2.39. The SMILES string of the molecule is CN1CCN(Cc2ccccc2OCC(=O)NCC2CC2)c2cc(F)ccc21. The number of fused-ring (bicyclic) bond motifs is 1. The lowest BCUT2D eigenvalue weighted by atomic mass is 10.1. The second kappa shape index (κ2) is 8.09. The molecule has 1 aliphatic heterocycles. The summed E-state index contributed by atoms with van der Waals surface area (Å²) in [6.07, 6.45) is 2.41. The van der Waals surface area contributed by atoms with Gasteiger partial charge in [0, 0.05) is 38.8 Å². The first-order valence-electron chi connectivity index (χ1n) is 9.83. The molecule has 2 aromatic carbocycles. The number of benzene rings is 2. The van der Waals surface area contributed by atoms with Crippen LogP contribution in [0.3, 0.4) is 0 Å². The highest BCUT2D eigenvalue weighted by atomic mass is 19.1. The predicted molar refractivity (Wildman–Crippen MR) is 108 cm³/mol. The molecule has 1 saturated carbocycles. The van der Waals surface area contributed by atoms with Gasteiger partial charge in [0.2, 0.25) is 0 Å². The number of para-hydroxylation sites is 1. The summed E-state index contributed by atoms with van der Waals surface area (Å²) in [4.78, 5) is 16.3. The van der Waals surface area contributed by atoms with Gasteiger partial charge in [-0.05, 0) is 43.0 Å². The first kappa shape index (κ1) is 18.6. The second-order valence-corrected chi connectivity index (χ2v) is 7.62. The average Bonchev–Trinajstić information content (AvgIpc) is 3.52. The number of hydrogen-bond acceptors (Lipinski definition) is 4. The number of carbonyl (C=O) groups is 1. The molecule has 0 aromatic heterocycles. The molecule has 28 heavy (non-hydrogen) atoms. The van der Waals surface area contributed by atoms with Gasteiger partial charge in [0.05, 0.1) is 11.4 Å². The highest BCUT2D eigenvalue weighted by molar-refractivity contribution is 5.77. The number of nitrogens with one attached hydrogen (secondary N) is 1. The molecular weight excluding hydrogens is 357 g/mol. The van der Waals surface area contributed by atoms with E-state index in [9.17, 15) is 9.18 Å². The first-order valence-corrected chi connectivity index (χ1v) is 9.83. The van der Waals surface area contributed by atoms with Crippen molar-refractivity contribution in [1.82, 2.24) is 5.32 Å². The van der Waals surface area contributed by atoms with Crippen LogP contribution in [0.4, 0.5) is 15.8 Å². The smallest absolute Gasteiger partial charge is 0.257 e. The maximum absolute atomic E-state index is 13.8. The van der Waals surface area contributed by atoms with E-state index >= 15 is 0 Å². The predicted octanol–water partition coefficient (Wildman–Crippen LogP) is 3.19. The summed E-state index contributed by atoms with van der Waals surface area (Å²) in [5.41, 5.74) is 2.88. The van der Waals surface area contributed by atoms with Crippen LogP contribution in [0.5, 0.6) is 5.75 Å². The Bertz CT molecular complexity index is 853. The van der Waals surface area contributed by atoms with Crippen LogP contribution in [0.2, 0.25) is 0 Å². The molecule has 6 heteroatoms. The van der Waals surface area contributed by atoms with Crippen molar-refractivity contribution in [2.75, 3.05) is 43.1 Å². The van der Waals surface area contributed by atoms with E-state index in [1.165, 1.54) is 18.9 Å². The Kier molecular flexibility index (Phi) is 5.37. The zero-order valence-electron chi connectivity index (χ0n) is 16.2. The standard InChI is InChI=1S/C22H26FN3O2/c1-25-10-11-26(20-12-18(23)8-9-19(20)25)14-17-4-2-3-5-21(17)28-15-22(27)24-13-16-6-7-16/h2-5,8-9,12,16H,6-7,10-11,13-15H2,1H3,(H,24,27). The van der Waals surface area contributed by atoms with Crippen molar-refractivity contribution < 1.29 is 13.9 Å². The average molecular weight is 383 g/mol. The molecule has 0 atom stereocenters. The van der Waals surface area contributed by atoms with Gasteiger partial charge in [0.15, 0.2) is 6.61 Å². The molecule has 5 nitrogen and oxygen atoms in total. The van der Waals surface area contributed by atoms with Crippen LogP contribution in [0.25, 0.3) is 0 Å². The molecule has 0 bridgehead atoms. The summed E-state index contributed by atoms with van der Waals surface area (Å²) < 4.78 is 19.6. The van der Waals surface area contributed by atoms with Gasteiger partial charge in [0.1, 0.15) is 11.6 Å². The summed E-state index contributed by atoms with van der Waals surface area (Å²) in [6, 6.07) is 12.6. The number of ether oxygens (including phenoxy) is 1. The molecule has 2 aliphatic rings. The summed E-state index contributed by atoms with van der Waals surface area (Å²) in [5, 5.41) is 2.92. The lowest BCUT2D eigenvalue weighted by Gasteiger charge is -2.37. The third-order valence-corrected chi connectivity index (χ3v) is 5.37. The van der Waals surface area contributed by atoms with E-state index in [1.807, 2.05) is 37.4 Å². The van der Waals surface area contributed by atoms with Gasteiger partial charge in [-0.15, -0.1) is 0 Å². The van der Waals surface area contributed by atoms with Crippen molar-refractivity contribution in [3.05, 3.63) is 53.8 Å². The summed E-state index contributed by atoms with van der Waals surface area (Å²) in [7, 11) is 2.02. The van der Waals surface area contributed by atoms with E-state index in [2.05, 4.69) is 15.1 Å². The Hall–Kier alpha value is -2.76. The number of hydrogen-bond donors (Lipinski definition) is 1. The van der Waals surface area contributed by atoms with Gasteiger partial charge in [0.25, 0.3) is 5.91 Å². The molecule has 148 valence electrons. The molecule has 1 fully saturated rings. The molecule has 1 N–H and O–H groups in total. The Morgan fingerprint density at radius 2 is 2.00 bits per heavy atom. The molecule has 0 radical (unpaired) electrons. The van der Waals surface area contributed by atoms with E-state index < -0.39 is 0 Å². The first-order chi connectivity index (χ1) is 13.6. The fraction of sp³-hybridized carbons (Fsp3) is 0.409. The fourth-order valence-electron chi connectivity index (χ4n) is 3.50. The molecule has 1 amide bonds. The molecule has 0 unspecified atom stereocenters. The van der Waals surface area contributed by atoms with Gasteiger partial charge in [-0.1, -0.05) is 18.2 Å². The largest absolute Gasteiger partial charge is 0.483 e. The van der Waals surface area contributed by atoms with Crippen molar-refractivity contribution in [2.24, 2.45) is 5.92 Å². The van der Waals surface area contributed by atoms with Crippen LogP contribution in [0, 0.1) is 11.7 Å². The number of likely N-dealkylation sites (N-methyl/N-ethyl adjacent to an activating group) is 1. The van der Waals surface area contributed by atoms with Crippen LogP contribution < -0.4 is 19.9 Å². The summed E-state index contributed by atoms with van der Waals surface area (Å²) in [6.45, 7) is 3.02. The summed E-state index contributed by atoms with van der Waals surface area (Å²) >= 11 is 0. The highest BCUT2D eigenvalue weighted by Crippen LogP contribution is 2.34. The van der Waals surface area contributed by atoms with Crippen molar-refractivity contribution >= 4 is 17.3 Å². The molecule has 0 spiro atoms. The molecule has 1 aliphatic carbocycles. The minimum absolute atomic E-state index is 0.0116. The monoisotopic (exact) mass is 383 g/mol.